The first-order valence-electron chi connectivity index (χ1n) is 27.7. The molecule has 6 fully saturated rings. The molecule has 11 rings (SSSR count). The lowest BCUT2D eigenvalue weighted by Crippen LogP contribution is -2.45. The highest BCUT2D eigenvalue weighted by Gasteiger charge is 2.51. The molecule has 6 aliphatic rings. The number of amides is 8. The summed E-state index contributed by atoms with van der Waals surface area (Å²) in [5.41, 5.74) is 9.63. The Hall–Kier alpha value is -8.71. The molecule has 8 amide bonds. The molecule has 2 aliphatic heterocycles. The van der Waals surface area contributed by atoms with Crippen molar-refractivity contribution in [1.82, 2.24) is 36.0 Å². The van der Waals surface area contributed by atoms with Crippen molar-refractivity contribution in [2.45, 2.75) is 73.5 Å². The highest BCUT2D eigenvalue weighted by atomic mass is 16.5. The minimum atomic E-state index is -1.50. The Morgan fingerprint density at radius 3 is 1.16 bits per heavy atom. The molecule has 2 heterocycles. The fourth-order valence-corrected chi connectivity index (χ4v) is 11.9. The first-order chi connectivity index (χ1) is 39.2. The number of aliphatic carboxylic acids is 1. The van der Waals surface area contributed by atoms with Crippen LogP contribution in [0.25, 0.3) is 0 Å². The maximum Gasteiger partial charge on any atom is 0.323 e. The van der Waals surface area contributed by atoms with Crippen LogP contribution in [0, 0.1) is 23.7 Å². The van der Waals surface area contributed by atoms with Crippen LogP contribution in [0.2, 0.25) is 0 Å². The van der Waals surface area contributed by atoms with Gasteiger partial charge >= 0.3 is 5.97 Å². The molecule has 81 heavy (non-hydrogen) atoms. The predicted molar refractivity (Wildman–Crippen MR) is 294 cm³/mol. The molecule has 0 aromatic heterocycles. The van der Waals surface area contributed by atoms with Gasteiger partial charge in [0.2, 0.25) is 29.5 Å². The van der Waals surface area contributed by atoms with E-state index in [0.29, 0.717) is 17.7 Å². The van der Waals surface area contributed by atoms with Crippen molar-refractivity contribution in [3.8, 4) is 5.75 Å². The number of hydrogen-bond donors (Lipinski definition) is 6. The van der Waals surface area contributed by atoms with Crippen molar-refractivity contribution >= 4 is 53.2 Å². The van der Waals surface area contributed by atoms with Crippen LogP contribution >= 0.6 is 0 Å². The third-order valence-corrected chi connectivity index (χ3v) is 16.8. The van der Waals surface area contributed by atoms with Crippen LogP contribution in [-0.2, 0) is 33.6 Å². The van der Waals surface area contributed by atoms with Crippen molar-refractivity contribution < 1.29 is 53.0 Å². The molecule has 418 valence electrons. The molecular formula is C62H64N8O11. The summed E-state index contributed by atoms with van der Waals surface area (Å²) in [4.78, 5) is 128. The number of rotatable bonds is 20. The predicted octanol–water partition coefficient (Wildman–Crippen LogP) is 3.53. The Labute approximate surface area is 467 Å². The number of likely N-dealkylation sites (tertiary alicyclic amines) is 2. The Kier molecular flexibility index (Phi) is 15.5. The van der Waals surface area contributed by atoms with E-state index in [9.17, 15) is 48.3 Å². The summed E-state index contributed by atoms with van der Waals surface area (Å²) in [7, 11) is 0. The van der Waals surface area contributed by atoms with Gasteiger partial charge in [0.05, 0.1) is 35.8 Å². The Morgan fingerprint density at radius 2 is 0.827 bits per heavy atom. The number of carboxylic acids is 1. The number of nitrogens with zero attached hydrogens (tertiary/aromatic N) is 3. The third kappa shape index (κ3) is 12.2. The normalized spacial score (nSPS) is 26.5. The van der Waals surface area contributed by atoms with Gasteiger partial charge in [-0.2, -0.15) is 0 Å². The lowest BCUT2D eigenvalue weighted by molar-refractivity contribution is -0.152. The number of benzene rings is 5. The Morgan fingerprint density at radius 1 is 0.481 bits per heavy atom. The molecule has 5 aromatic carbocycles. The van der Waals surface area contributed by atoms with E-state index in [1.807, 2.05) is 121 Å². The van der Waals surface area contributed by atoms with Crippen LogP contribution in [-0.4, -0.2) is 143 Å². The molecule has 5 aromatic rings. The van der Waals surface area contributed by atoms with Gasteiger partial charge < -0.3 is 46.6 Å². The van der Waals surface area contributed by atoms with Gasteiger partial charge in [-0.3, -0.25) is 48.1 Å². The number of carbonyl (C=O) groups excluding carboxylic acids is 8. The van der Waals surface area contributed by atoms with E-state index in [-0.39, 0.29) is 115 Å². The average Bonchev–Trinajstić information content (AvgIpc) is 4.61. The monoisotopic (exact) mass is 1100 g/mol. The molecule has 2 saturated heterocycles. The standard InChI is InChI=1S/C62H64N8O11/c63-28-54(71)70(33-56(73)74)55(72)34-81-53-23-39(61(79)68-29-45(57(75)64-49-24-41(49)35-13-5-1-6-14-35)46(30-68)58(76)65-50-25-42(50)36-15-7-2-8-16-36)21-22-40(53)62(80)69-31-47(59(77)66-51-26-43(51)37-17-9-3-10-18-37)48(32-69)60(78)67-52-27-44(52)38-19-11-4-12-20-38/h1-23,41-52H,24-34,63H2,(H,64,75)(H,65,76)(H,66,77)(H,67,78)(H,73,74)/t41-,42-,43-,44-,45-,46-,47-,48-,49+,50+,51+,52+/m1/s1. The number of ether oxygens (including phenoxy) is 1. The van der Waals surface area contributed by atoms with Crippen LogP contribution < -0.4 is 31.7 Å². The SMILES string of the molecule is NCC(=O)N(CC(=O)O)C(=O)COc1cc(C(=O)N2C[C@@H](C(=O)N[C@H]3C[C@@H]3c3ccccc3)[C@H](C(=O)N[C@H]3C[C@@H]3c3ccccc3)C2)ccc1C(=O)N1C[C@@H](C(=O)N[C@H]2C[C@@H]2c2ccccc2)[C@H](C(=O)N[C@H]2C[C@@H]2c2ccccc2)C1. The van der Waals surface area contributed by atoms with Gasteiger partial charge in [0.1, 0.15) is 12.3 Å². The number of carbonyl (C=O) groups is 9. The van der Waals surface area contributed by atoms with Crippen LogP contribution in [0.4, 0.5) is 0 Å². The number of nitrogens with one attached hydrogen (secondary N) is 4. The highest BCUT2D eigenvalue weighted by molar-refractivity contribution is 6.03. The van der Waals surface area contributed by atoms with E-state index >= 15 is 0 Å². The highest BCUT2D eigenvalue weighted by Crippen LogP contribution is 2.45. The van der Waals surface area contributed by atoms with Crippen molar-refractivity contribution in [2.24, 2.45) is 29.4 Å². The maximum absolute atomic E-state index is 15.0. The fraction of sp³-hybridized carbons (Fsp3) is 0.371. The van der Waals surface area contributed by atoms with Crippen molar-refractivity contribution in [2.75, 3.05) is 45.9 Å². The first-order valence-corrected chi connectivity index (χ1v) is 27.7. The molecule has 4 aliphatic carbocycles. The van der Waals surface area contributed by atoms with Gasteiger partial charge in [0, 0.05) is 79.6 Å². The van der Waals surface area contributed by atoms with Crippen LogP contribution in [0.15, 0.2) is 140 Å². The van der Waals surface area contributed by atoms with Gasteiger partial charge in [-0.25, -0.2) is 0 Å². The van der Waals surface area contributed by atoms with Crippen molar-refractivity contribution in [3.63, 3.8) is 0 Å². The molecular weight excluding hydrogens is 1030 g/mol. The van der Waals surface area contributed by atoms with Crippen LogP contribution in [0.3, 0.4) is 0 Å². The zero-order valence-corrected chi connectivity index (χ0v) is 44.4. The first kappa shape index (κ1) is 54.3. The lowest BCUT2D eigenvalue weighted by atomic mass is 9.94. The van der Waals surface area contributed by atoms with E-state index in [1.54, 1.807) is 0 Å². The third-order valence-electron chi connectivity index (χ3n) is 16.8. The molecule has 19 nitrogen and oxygen atoms in total. The Bertz CT molecular complexity index is 3090. The minimum Gasteiger partial charge on any atom is -0.483 e. The topological polar surface area (TPSA) is 267 Å². The van der Waals surface area contributed by atoms with E-state index in [2.05, 4.69) is 21.3 Å². The molecule has 0 bridgehead atoms. The van der Waals surface area contributed by atoms with Crippen molar-refractivity contribution in [3.05, 3.63) is 173 Å². The Balaban J connectivity index is 0.848. The van der Waals surface area contributed by atoms with Gasteiger partial charge in [-0.15, -0.1) is 0 Å². The van der Waals surface area contributed by atoms with Crippen molar-refractivity contribution in [1.29, 1.82) is 0 Å². The van der Waals surface area contributed by atoms with Gasteiger partial charge in [-0.1, -0.05) is 121 Å². The fourth-order valence-electron chi connectivity index (χ4n) is 11.9. The van der Waals surface area contributed by atoms with Crippen LogP contribution in [0.5, 0.6) is 5.75 Å². The molecule has 0 unspecified atom stereocenters. The van der Waals surface area contributed by atoms with E-state index in [1.165, 1.54) is 28.0 Å². The lowest BCUT2D eigenvalue weighted by Gasteiger charge is -2.22. The summed E-state index contributed by atoms with van der Waals surface area (Å²) >= 11 is 0. The second-order valence-electron chi connectivity index (χ2n) is 22.3. The zero-order valence-electron chi connectivity index (χ0n) is 44.4. The summed E-state index contributed by atoms with van der Waals surface area (Å²) in [6.45, 7) is -3.28. The van der Waals surface area contributed by atoms with Crippen LogP contribution in [0.1, 0.15) is 92.3 Å². The summed E-state index contributed by atoms with van der Waals surface area (Å²) in [5.74, 6) is -10.1. The summed E-state index contributed by atoms with van der Waals surface area (Å²) in [6.07, 6.45) is 2.85. The number of carboxylic acid groups (broad SMARTS) is 1. The number of hydrogen-bond acceptors (Lipinski definition) is 11. The molecule has 0 radical (unpaired) electrons. The molecule has 4 saturated carbocycles. The minimum absolute atomic E-state index is 0.0435. The van der Waals surface area contributed by atoms with Gasteiger partial charge in [-0.05, 0) is 66.1 Å². The smallest absolute Gasteiger partial charge is 0.323 e. The average molecular weight is 1100 g/mol. The maximum atomic E-state index is 15.0. The largest absolute Gasteiger partial charge is 0.483 e. The van der Waals surface area contributed by atoms with Gasteiger partial charge in [0.15, 0.2) is 6.61 Å². The zero-order chi connectivity index (χ0) is 56.5. The summed E-state index contributed by atoms with van der Waals surface area (Å²) in [6, 6.07) is 42.4. The second-order valence-corrected chi connectivity index (χ2v) is 22.3. The summed E-state index contributed by atoms with van der Waals surface area (Å²) in [5, 5.41) is 22.1. The molecule has 12 atom stereocenters. The van der Waals surface area contributed by atoms with E-state index in [0.717, 1.165) is 35.1 Å². The molecule has 7 N–H and O–H groups in total. The number of imide groups is 1. The quantitative estimate of drug-likeness (QED) is 0.0654. The van der Waals surface area contributed by atoms with E-state index < -0.39 is 73.0 Å². The summed E-state index contributed by atoms with van der Waals surface area (Å²) < 4.78 is 6.00. The van der Waals surface area contributed by atoms with Gasteiger partial charge in [0.25, 0.3) is 17.7 Å². The molecule has 0 spiro atoms. The van der Waals surface area contributed by atoms with E-state index in [4.69, 9.17) is 10.5 Å². The molecule has 19 heteroatoms. The number of nitrogens with two attached hydrogens (primary N) is 1. The second kappa shape index (κ2) is 23.2.